The lowest BCUT2D eigenvalue weighted by molar-refractivity contribution is -0.179. The van der Waals surface area contributed by atoms with Gasteiger partial charge in [-0.15, -0.1) is 16.9 Å². The van der Waals surface area contributed by atoms with Gasteiger partial charge in [0.25, 0.3) is 0 Å². The largest absolute Gasteiger partial charge is 0.394 e. The molecule has 6 atom stereocenters. The van der Waals surface area contributed by atoms with E-state index >= 15 is 4.39 Å². The Morgan fingerprint density at radius 1 is 1.07 bits per heavy atom. The lowest BCUT2D eigenvalue weighted by Gasteiger charge is -2.46. The van der Waals surface area contributed by atoms with E-state index in [1.807, 2.05) is 0 Å². The topological polar surface area (TPSA) is 141 Å². The summed E-state index contributed by atoms with van der Waals surface area (Å²) in [6.45, 7) is -1.08. The van der Waals surface area contributed by atoms with Gasteiger partial charge in [0.2, 0.25) is 11.8 Å². The number of alkyl halides is 3. The molecule has 1 aromatic heterocycles. The third-order valence-corrected chi connectivity index (χ3v) is 10.7. The van der Waals surface area contributed by atoms with Gasteiger partial charge in [-0.1, -0.05) is 18.1 Å². The molecular weight excluding hydrogens is 646 g/mol. The molecule has 0 bridgehead atoms. The lowest BCUT2D eigenvalue weighted by atomic mass is 9.80. The minimum Gasteiger partial charge on any atom is -0.394 e. The van der Waals surface area contributed by atoms with Crippen LogP contribution in [-0.2, 0) is 9.53 Å². The molecule has 2 aromatic rings. The summed E-state index contributed by atoms with van der Waals surface area (Å²) in [6.07, 6.45) is -4.30. The second-order valence-corrected chi connectivity index (χ2v) is 13.8. The van der Waals surface area contributed by atoms with Gasteiger partial charge >= 0.3 is 0 Å². The summed E-state index contributed by atoms with van der Waals surface area (Å²) in [7, 11) is 1.34. The standard InChI is InChI=1S/C29H36F6N4O6S/c1-38(14-27(33)4-2-3-5-27)25(43)24(28(44)6-8-29(34,35)9-7-28)46-26-23(42)21(22(41)19(13-40)45-26)39-12-18(36-37-39)15-10-16(30)20(32)17(31)11-15/h10-12,19,21-24,26,40-42,44H,2-9,13-14H2,1H3/t19-,21+,22+,23-,24-,26+/m1/s1. The highest BCUT2D eigenvalue weighted by Crippen LogP contribution is 2.47. The van der Waals surface area contributed by atoms with Crippen LogP contribution in [0.3, 0.4) is 0 Å². The highest BCUT2D eigenvalue weighted by Gasteiger charge is 2.54. The molecule has 17 heteroatoms. The third kappa shape index (κ3) is 7.04. The highest BCUT2D eigenvalue weighted by atomic mass is 32.2. The van der Waals surface area contributed by atoms with E-state index in [0.29, 0.717) is 36.7 Å². The highest BCUT2D eigenvalue weighted by molar-refractivity contribution is 8.01. The number of benzene rings is 1. The van der Waals surface area contributed by atoms with Gasteiger partial charge in [0.15, 0.2) is 17.5 Å². The SMILES string of the molecule is CN(CC1(F)CCCC1)C(=O)[C@@H](S[C@@H]1O[C@H](CO)[C@H](O)[C@H](n2cc(-c3cc(F)c(F)c(F)c3)nn2)[C@H]1O)C1(O)CCC(F)(F)CC1. The number of aromatic nitrogens is 3. The number of carbonyl (C=O) groups is 1. The number of aliphatic hydroxyl groups excluding tert-OH is 3. The van der Waals surface area contributed by atoms with Gasteiger partial charge in [-0.05, 0) is 37.8 Å². The second-order valence-electron chi connectivity index (χ2n) is 12.6. The number of aliphatic hydroxyl groups is 4. The molecule has 1 aromatic carbocycles. The molecule has 2 aliphatic carbocycles. The van der Waals surface area contributed by atoms with E-state index in [-0.39, 0.29) is 30.6 Å². The molecule has 1 saturated heterocycles. The smallest absolute Gasteiger partial charge is 0.248 e. The number of ether oxygens (including phenoxy) is 1. The van der Waals surface area contributed by atoms with Crippen molar-refractivity contribution >= 4 is 17.7 Å². The first-order valence-corrected chi connectivity index (χ1v) is 15.9. The van der Waals surface area contributed by atoms with Crippen LogP contribution in [0, 0.1) is 17.5 Å². The molecule has 0 unspecified atom stereocenters. The van der Waals surface area contributed by atoms with Crippen molar-refractivity contribution in [2.75, 3.05) is 20.2 Å². The normalized spacial score (nSPS) is 29.4. The fourth-order valence-electron chi connectivity index (χ4n) is 6.48. The summed E-state index contributed by atoms with van der Waals surface area (Å²) in [5, 5.41) is 50.2. The van der Waals surface area contributed by atoms with Crippen LogP contribution in [0.25, 0.3) is 11.3 Å². The predicted molar refractivity (Wildman–Crippen MR) is 152 cm³/mol. The number of halogens is 6. The Balaban J connectivity index is 1.44. The molecule has 5 rings (SSSR count). The van der Waals surface area contributed by atoms with Crippen LogP contribution in [0.2, 0.25) is 0 Å². The van der Waals surface area contributed by atoms with E-state index in [1.54, 1.807) is 0 Å². The maximum absolute atomic E-state index is 15.4. The van der Waals surface area contributed by atoms with Crippen LogP contribution in [0.5, 0.6) is 0 Å². The van der Waals surface area contributed by atoms with Crippen LogP contribution in [0.15, 0.2) is 18.3 Å². The Hall–Kier alpha value is -2.44. The van der Waals surface area contributed by atoms with Crippen LogP contribution in [0.4, 0.5) is 26.3 Å². The summed E-state index contributed by atoms with van der Waals surface area (Å²) in [6, 6.07) is -0.0914. The van der Waals surface area contributed by atoms with E-state index < -0.39 is 108 Å². The number of rotatable bonds is 9. The third-order valence-electron chi connectivity index (χ3n) is 9.17. The Bertz CT molecular complexity index is 1380. The molecule has 0 radical (unpaired) electrons. The number of amides is 1. The van der Waals surface area contributed by atoms with Gasteiger partial charge in [-0.3, -0.25) is 4.79 Å². The van der Waals surface area contributed by atoms with Crippen molar-refractivity contribution < 1.29 is 56.3 Å². The van der Waals surface area contributed by atoms with Gasteiger partial charge < -0.3 is 30.1 Å². The first-order valence-electron chi connectivity index (χ1n) is 15.0. The maximum Gasteiger partial charge on any atom is 0.248 e. The molecule has 46 heavy (non-hydrogen) atoms. The van der Waals surface area contributed by atoms with Crippen molar-refractivity contribution in [3.05, 3.63) is 35.8 Å². The minimum absolute atomic E-state index is 0.160. The lowest BCUT2D eigenvalue weighted by Crippen LogP contribution is -2.59. The quantitative estimate of drug-likeness (QED) is 0.232. The predicted octanol–water partition coefficient (Wildman–Crippen LogP) is 3.13. The molecule has 4 N–H and O–H groups in total. The Kier molecular flexibility index (Phi) is 10.0. The molecular formula is C29H36F6N4O6S. The Morgan fingerprint density at radius 3 is 2.26 bits per heavy atom. The molecule has 3 fully saturated rings. The van der Waals surface area contributed by atoms with Crippen molar-refractivity contribution in [2.24, 2.45) is 0 Å². The molecule has 1 amide bonds. The zero-order chi connectivity index (χ0) is 33.6. The van der Waals surface area contributed by atoms with Crippen LogP contribution in [-0.4, -0.2) is 113 Å². The summed E-state index contributed by atoms with van der Waals surface area (Å²) >= 11 is 0.595. The Labute approximate surface area is 264 Å². The van der Waals surface area contributed by atoms with E-state index in [2.05, 4.69) is 10.3 Å². The van der Waals surface area contributed by atoms with Crippen molar-refractivity contribution in [3.8, 4) is 11.3 Å². The maximum atomic E-state index is 15.4. The summed E-state index contributed by atoms with van der Waals surface area (Å²) < 4.78 is 91.5. The minimum atomic E-state index is -3.07. The fourth-order valence-corrected chi connectivity index (χ4v) is 8.06. The Morgan fingerprint density at radius 2 is 1.67 bits per heavy atom. The van der Waals surface area contributed by atoms with Gasteiger partial charge in [0.05, 0.1) is 24.9 Å². The van der Waals surface area contributed by atoms with Gasteiger partial charge in [0.1, 0.15) is 46.4 Å². The molecule has 10 nitrogen and oxygen atoms in total. The molecule has 2 saturated carbocycles. The number of thioether (sulfide) groups is 1. The monoisotopic (exact) mass is 682 g/mol. The van der Waals surface area contributed by atoms with E-state index in [4.69, 9.17) is 4.74 Å². The van der Waals surface area contributed by atoms with Gasteiger partial charge in [0, 0.05) is 25.5 Å². The number of hydrogen-bond donors (Lipinski definition) is 4. The van der Waals surface area contributed by atoms with E-state index in [9.17, 15) is 47.2 Å². The molecule has 1 aliphatic heterocycles. The number of nitrogens with zero attached hydrogens (tertiary/aromatic N) is 4. The number of hydrogen-bond acceptors (Lipinski definition) is 9. The molecule has 0 spiro atoms. The van der Waals surface area contributed by atoms with Crippen molar-refractivity contribution in [3.63, 3.8) is 0 Å². The second kappa shape index (κ2) is 13.2. The zero-order valence-corrected chi connectivity index (χ0v) is 25.7. The summed E-state index contributed by atoms with van der Waals surface area (Å²) in [5.41, 5.74) is -5.49. The van der Waals surface area contributed by atoms with Gasteiger partial charge in [-0.2, -0.15) is 0 Å². The zero-order valence-electron chi connectivity index (χ0n) is 24.8. The van der Waals surface area contributed by atoms with Crippen LogP contribution < -0.4 is 0 Å². The average molecular weight is 683 g/mol. The van der Waals surface area contributed by atoms with Crippen LogP contribution >= 0.6 is 11.8 Å². The van der Waals surface area contributed by atoms with Crippen LogP contribution in [0.1, 0.15) is 57.4 Å². The van der Waals surface area contributed by atoms with Crippen molar-refractivity contribution in [2.45, 2.75) is 104 Å². The van der Waals surface area contributed by atoms with E-state index in [0.717, 1.165) is 15.8 Å². The van der Waals surface area contributed by atoms with E-state index in [1.165, 1.54) is 7.05 Å². The molecule has 2 heterocycles. The first kappa shape index (κ1) is 34.9. The number of carbonyl (C=O) groups excluding carboxylic acids is 1. The average Bonchev–Trinajstić information content (AvgIpc) is 3.66. The summed E-state index contributed by atoms with van der Waals surface area (Å²) in [4.78, 5) is 15.0. The van der Waals surface area contributed by atoms with Crippen molar-refractivity contribution in [1.82, 2.24) is 19.9 Å². The molecule has 3 aliphatic rings. The van der Waals surface area contributed by atoms with Crippen molar-refractivity contribution in [1.29, 1.82) is 0 Å². The summed E-state index contributed by atoms with van der Waals surface area (Å²) in [5.74, 6) is -8.51. The van der Waals surface area contributed by atoms with Gasteiger partial charge in [-0.25, -0.2) is 31.0 Å². The molecule has 256 valence electrons. The first-order chi connectivity index (χ1) is 21.6. The fraction of sp³-hybridized carbons (Fsp3) is 0.690.